The average Bonchev–Trinajstić information content (AvgIpc) is 3.04. The number of benzene rings is 1. The van der Waals surface area contributed by atoms with E-state index in [0.29, 0.717) is 18.7 Å². The van der Waals surface area contributed by atoms with Crippen LogP contribution in [0.2, 0.25) is 0 Å². The van der Waals surface area contributed by atoms with Crippen molar-refractivity contribution >= 4 is 16.9 Å². The van der Waals surface area contributed by atoms with Gasteiger partial charge in [-0.2, -0.15) is 0 Å². The number of furan rings is 2. The molecule has 3 rings (SSSR count). The molecule has 5 nitrogen and oxygen atoms in total. The second-order valence-corrected chi connectivity index (χ2v) is 4.90. The third-order valence-corrected chi connectivity index (χ3v) is 3.22. The van der Waals surface area contributed by atoms with Gasteiger partial charge >= 0.3 is 5.97 Å². The van der Waals surface area contributed by atoms with Crippen molar-refractivity contribution in [2.75, 3.05) is 0 Å². The second kappa shape index (κ2) is 5.46. The molecule has 0 spiro atoms. The Hall–Kier alpha value is -2.53. The van der Waals surface area contributed by atoms with Crippen LogP contribution in [0, 0.1) is 6.92 Å². The van der Waals surface area contributed by atoms with Gasteiger partial charge in [0.2, 0.25) is 5.76 Å². The van der Waals surface area contributed by atoms with Crippen molar-refractivity contribution < 1.29 is 18.7 Å². The van der Waals surface area contributed by atoms with E-state index in [1.165, 1.54) is 6.07 Å². The van der Waals surface area contributed by atoms with Crippen molar-refractivity contribution in [3.63, 3.8) is 0 Å². The SMILES string of the molecule is Cc1ccc(CNCc2ccc3oc(C(=O)O)cc3c2)o1. The summed E-state index contributed by atoms with van der Waals surface area (Å²) in [7, 11) is 0. The quantitative estimate of drug-likeness (QED) is 0.752. The van der Waals surface area contributed by atoms with Crippen LogP contribution in [0.5, 0.6) is 0 Å². The van der Waals surface area contributed by atoms with Gasteiger partial charge in [0.1, 0.15) is 17.1 Å². The zero-order chi connectivity index (χ0) is 14.8. The average molecular weight is 285 g/mol. The van der Waals surface area contributed by atoms with Crippen LogP contribution in [0.15, 0.2) is 45.2 Å². The fraction of sp³-hybridized carbons (Fsp3) is 0.188. The molecule has 0 saturated carbocycles. The maximum Gasteiger partial charge on any atom is 0.371 e. The van der Waals surface area contributed by atoms with Gasteiger partial charge in [-0.15, -0.1) is 0 Å². The lowest BCUT2D eigenvalue weighted by Crippen LogP contribution is -2.11. The van der Waals surface area contributed by atoms with Gasteiger partial charge in [0.25, 0.3) is 0 Å². The van der Waals surface area contributed by atoms with Crippen LogP contribution < -0.4 is 5.32 Å². The van der Waals surface area contributed by atoms with E-state index in [-0.39, 0.29) is 5.76 Å². The summed E-state index contributed by atoms with van der Waals surface area (Å²) < 4.78 is 10.7. The van der Waals surface area contributed by atoms with Crippen molar-refractivity contribution in [2.24, 2.45) is 0 Å². The molecule has 0 atom stereocenters. The molecule has 0 saturated heterocycles. The Morgan fingerprint density at radius 1 is 1.14 bits per heavy atom. The maximum atomic E-state index is 10.9. The molecule has 2 aromatic heterocycles. The second-order valence-electron chi connectivity index (χ2n) is 4.90. The third-order valence-electron chi connectivity index (χ3n) is 3.22. The van der Waals surface area contributed by atoms with Gasteiger partial charge in [0, 0.05) is 11.9 Å². The van der Waals surface area contributed by atoms with Crippen LogP contribution in [0.4, 0.5) is 0 Å². The van der Waals surface area contributed by atoms with Crippen LogP contribution in [0.25, 0.3) is 11.0 Å². The van der Waals surface area contributed by atoms with E-state index >= 15 is 0 Å². The van der Waals surface area contributed by atoms with Crippen molar-refractivity contribution in [2.45, 2.75) is 20.0 Å². The summed E-state index contributed by atoms with van der Waals surface area (Å²) in [5.74, 6) is 0.693. The van der Waals surface area contributed by atoms with E-state index in [0.717, 1.165) is 22.5 Å². The zero-order valence-corrected chi connectivity index (χ0v) is 11.6. The number of rotatable bonds is 5. The number of nitrogens with one attached hydrogen (secondary N) is 1. The minimum Gasteiger partial charge on any atom is -0.475 e. The summed E-state index contributed by atoms with van der Waals surface area (Å²) in [5, 5.41) is 13.0. The Balaban J connectivity index is 1.68. The van der Waals surface area contributed by atoms with Gasteiger partial charge in [-0.25, -0.2) is 4.79 Å². The minimum absolute atomic E-state index is 0.0406. The summed E-state index contributed by atoms with van der Waals surface area (Å²) >= 11 is 0. The van der Waals surface area contributed by atoms with Gasteiger partial charge in [0.05, 0.1) is 6.54 Å². The third kappa shape index (κ3) is 2.98. The highest BCUT2D eigenvalue weighted by Crippen LogP contribution is 2.21. The first-order chi connectivity index (χ1) is 10.1. The first-order valence-electron chi connectivity index (χ1n) is 6.63. The van der Waals surface area contributed by atoms with E-state index in [1.807, 2.05) is 31.2 Å². The molecule has 0 aliphatic heterocycles. The molecule has 5 heteroatoms. The predicted molar refractivity (Wildman–Crippen MR) is 77.2 cm³/mol. The van der Waals surface area contributed by atoms with Crippen molar-refractivity contribution in [1.29, 1.82) is 0 Å². The first-order valence-corrected chi connectivity index (χ1v) is 6.63. The molecule has 0 aliphatic carbocycles. The number of carboxylic acid groups (broad SMARTS) is 1. The summed E-state index contributed by atoms with van der Waals surface area (Å²) in [4.78, 5) is 10.9. The Morgan fingerprint density at radius 3 is 2.71 bits per heavy atom. The van der Waals surface area contributed by atoms with Crippen LogP contribution in [-0.4, -0.2) is 11.1 Å². The standard InChI is InChI=1S/C16H15NO4/c1-10-2-4-13(20-10)9-17-8-11-3-5-14-12(6-11)7-15(21-14)16(18)19/h2-7,17H,8-9H2,1H3,(H,18,19). The van der Waals surface area contributed by atoms with E-state index in [4.69, 9.17) is 13.9 Å². The maximum absolute atomic E-state index is 10.9. The predicted octanol–water partition coefficient (Wildman–Crippen LogP) is 3.32. The summed E-state index contributed by atoms with van der Waals surface area (Å²) in [6.45, 7) is 3.23. The van der Waals surface area contributed by atoms with E-state index in [2.05, 4.69) is 5.32 Å². The molecule has 1 aromatic carbocycles. The highest BCUT2D eigenvalue weighted by molar-refractivity contribution is 5.91. The lowest BCUT2D eigenvalue weighted by molar-refractivity contribution is 0.0665. The van der Waals surface area contributed by atoms with Gasteiger partial charge in [0.15, 0.2) is 0 Å². The van der Waals surface area contributed by atoms with Crippen LogP contribution in [-0.2, 0) is 13.1 Å². The fourth-order valence-corrected chi connectivity index (χ4v) is 2.22. The van der Waals surface area contributed by atoms with E-state index in [9.17, 15) is 4.79 Å². The molecule has 2 N–H and O–H groups in total. The van der Waals surface area contributed by atoms with Gasteiger partial charge in [-0.1, -0.05) is 6.07 Å². The number of carboxylic acids is 1. The lowest BCUT2D eigenvalue weighted by atomic mass is 10.1. The number of aryl methyl sites for hydroxylation is 1. The Bertz CT molecular complexity index is 785. The summed E-state index contributed by atoms with van der Waals surface area (Å²) in [6.07, 6.45) is 0. The molecular formula is C16H15NO4. The molecule has 0 aliphatic rings. The van der Waals surface area contributed by atoms with Crippen molar-refractivity contribution in [3.05, 3.63) is 59.2 Å². The molecule has 21 heavy (non-hydrogen) atoms. The molecule has 2 heterocycles. The van der Waals surface area contributed by atoms with E-state index < -0.39 is 5.97 Å². The molecule has 0 radical (unpaired) electrons. The zero-order valence-electron chi connectivity index (χ0n) is 11.6. The number of hydrogen-bond acceptors (Lipinski definition) is 4. The minimum atomic E-state index is -1.06. The smallest absolute Gasteiger partial charge is 0.371 e. The molecule has 0 unspecified atom stereocenters. The Kier molecular flexibility index (Phi) is 3.50. The number of fused-ring (bicyclic) bond motifs is 1. The van der Waals surface area contributed by atoms with E-state index in [1.54, 1.807) is 6.07 Å². The van der Waals surface area contributed by atoms with Crippen molar-refractivity contribution in [3.8, 4) is 0 Å². The molecule has 0 fully saturated rings. The van der Waals surface area contributed by atoms with Gasteiger partial charge in [-0.05, 0) is 42.8 Å². The highest BCUT2D eigenvalue weighted by atomic mass is 16.4. The van der Waals surface area contributed by atoms with Crippen LogP contribution in [0.3, 0.4) is 0 Å². The topological polar surface area (TPSA) is 75.6 Å². The Labute approximate surface area is 121 Å². The highest BCUT2D eigenvalue weighted by Gasteiger charge is 2.10. The van der Waals surface area contributed by atoms with Gasteiger partial charge < -0.3 is 19.3 Å². The number of hydrogen-bond donors (Lipinski definition) is 2. The molecule has 0 amide bonds. The molecule has 3 aromatic rings. The summed E-state index contributed by atoms with van der Waals surface area (Å²) in [6, 6.07) is 11.0. The monoisotopic (exact) mass is 285 g/mol. The lowest BCUT2D eigenvalue weighted by Gasteiger charge is -2.03. The largest absolute Gasteiger partial charge is 0.475 e. The number of carbonyl (C=O) groups is 1. The summed E-state index contributed by atoms with van der Waals surface area (Å²) in [5.41, 5.74) is 1.64. The first kappa shape index (κ1) is 13.5. The number of aromatic carboxylic acids is 1. The van der Waals surface area contributed by atoms with Gasteiger partial charge in [-0.3, -0.25) is 0 Å². The van der Waals surface area contributed by atoms with Crippen LogP contribution >= 0.6 is 0 Å². The normalized spacial score (nSPS) is 11.1. The molecule has 0 bridgehead atoms. The van der Waals surface area contributed by atoms with Crippen molar-refractivity contribution in [1.82, 2.24) is 5.32 Å². The molecular weight excluding hydrogens is 270 g/mol. The van der Waals surface area contributed by atoms with Crippen LogP contribution in [0.1, 0.15) is 27.6 Å². The fourth-order valence-electron chi connectivity index (χ4n) is 2.22. The molecule has 108 valence electrons. The Morgan fingerprint density at radius 2 is 2.00 bits per heavy atom.